The number of methoxy groups -OCH3 is 1. The van der Waals surface area contributed by atoms with E-state index in [1.54, 1.807) is 70.3 Å². The molecule has 2 aromatic carbocycles. The Bertz CT molecular complexity index is 1030. The van der Waals surface area contributed by atoms with Crippen molar-refractivity contribution in [3.8, 4) is 22.8 Å². The highest BCUT2D eigenvalue weighted by Gasteiger charge is 2.24. The molecule has 158 valence electrons. The summed E-state index contributed by atoms with van der Waals surface area (Å²) in [6.07, 6.45) is -0.790. The number of carbonyl (C=O) groups is 2. The fourth-order valence-corrected chi connectivity index (χ4v) is 3.01. The lowest BCUT2D eigenvalue weighted by Crippen LogP contribution is -2.26. The summed E-state index contributed by atoms with van der Waals surface area (Å²) in [7, 11) is 1.58. The summed E-state index contributed by atoms with van der Waals surface area (Å²) in [6.45, 7) is 5.57. The molecule has 0 aliphatic rings. The fraction of sp³-hybridized carbons (Fsp3) is 0.304. The smallest absolute Gasteiger partial charge is 0.347 e. The first-order valence-electron chi connectivity index (χ1n) is 9.69. The predicted octanol–water partition coefficient (Wildman–Crippen LogP) is 4.62. The summed E-state index contributed by atoms with van der Waals surface area (Å²) >= 11 is 0. The molecular formula is C23H24O7. The maximum absolute atomic E-state index is 12.7. The van der Waals surface area contributed by atoms with E-state index in [0.717, 1.165) is 0 Å². The van der Waals surface area contributed by atoms with Crippen molar-refractivity contribution in [1.29, 1.82) is 0 Å². The number of esters is 2. The van der Waals surface area contributed by atoms with E-state index >= 15 is 0 Å². The number of rotatable bonds is 8. The molecule has 0 spiro atoms. The van der Waals surface area contributed by atoms with Crippen LogP contribution in [0.25, 0.3) is 22.3 Å². The molecule has 3 aromatic rings. The molecular weight excluding hydrogens is 388 g/mol. The quantitative estimate of drug-likeness (QED) is 0.499. The van der Waals surface area contributed by atoms with Crippen molar-refractivity contribution >= 4 is 22.9 Å². The van der Waals surface area contributed by atoms with Gasteiger partial charge in [-0.25, -0.2) is 9.59 Å². The van der Waals surface area contributed by atoms with Gasteiger partial charge in [0.1, 0.15) is 28.4 Å². The maximum Gasteiger partial charge on any atom is 0.347 e. The molecule has 0 bridgehead atoms. The van der Waals surface area contributed by atoms with Gasteiger partial charge in [0, 0.05) is 10.9 Å². The molecule has 0 saturated carbocycles. The van der Waals surface area contributed by atoms with Crippen LogP contribution in [0.5, 0.6) is 11.5 Å². The van der Waals surface area contributed by atoms with E-state index in [0.29, 0.717) is 39.4 Å². The summed E-state index contributed by atoms with van der Waals surface area (Å²) in [6, 6.07) is 12.2. The lowest BCUT2D eigenvalue weighted by Gasteiger charge is -2.13. The van der Waals surface area contributed by atoms with Gasteiger partial charge in [-0.3, -0.25) is 0 Å². The van der Waals surface area contributed by atoms with E-state index in [4.69, 9.17) is 23.4 Å². The summed E-state index contributed by atoms with van der Waals surface area (Å²) in [5, 5.41) is 0.535. The van der Waals surface area contributed by atoms with Crippen LogP contribution in [0.1, 0.15) is 31.1 Å². The summed E-state index contributed by atoms with van der Waals surface area (Å²) in [4.78, 5) is 24.6. The van der Waals surface area contributed by atoms with Crippen molar-refractivity contribution in [3.05, 3.63) is 48.0 Å². The van der Waals surface area contributed by atoms with Crippen LogP contribution < -0.4 is 9.47 Å². The number of carbonyl (C=O) groups excluding carboxylic acids is 2. The summed E-state index contributed by atoms with van der Waals surface area (Å²) < 4.78 is 27.1. The monoisotopic (exact) mass is 412 g/mol. The van der Waals surface area contributed by atoms with Gasteiger partial charge in [-0.1, -0.05) is 0 Å². The first-order valence-corrected chi connectivity index (χ1v) is 9.69. The number of furan rings is 1. The molecule has 1 atom stereocenters. The SMILES string of the molecule is CCOC(=O)c1c(-c2ccc(OC)cc2)oc2ccc(OC(C)C(=O)OCC)cc12. The van der Waals surface area contributed by atoms with Crippen molar-refractivity contribution < 1.29 is 33.0 Å². The van der Waals surface area contributed by atoms with Crippen molar-refractivity contribution in [3.63, 3.8) is 0 Å². The Balaban J connectivity index is 2.05. The molecule has 7 nitrogen and oxygen atoms in total. The van der Waals surface area contributed by atoms with Crippen LogP contribution in [0.4, 0.5) is 0 Å². The van der Waals surface area contributed by atoms with Gasteiger partial charge < -0.3 is 23.4 Å². The highest BCUT2D eigenvalue weighted by Crippen LogP contribution is 2.36. The van der Waals surface area contributed by atoms with Crippen LogP contribution in [-0.4, -0.2) is 38.4 Å². The lowest BCUT2D eigenvalue weighted by molar-refractivity contribution is -0.150. The zero-order chi connectivity index (χ0) is 21.7. The molecule has 1 aromatic heterocycles. The Morgan fingerprint density at radius 2 is 1.63 bits per heavy atom. The van der Waals surface area contributed by atoms with Crippen LogP contribution in [0.15, 0.2) is 46.9 Å². The molecule has 1 unspecified atom stereocenters. The van der Waals surface area contributed by atoms with Gasteiger partial charge in [0.15, 0.2) is 6.10 Å². The largest absolute Gasteiger partial charge is 0.497 e. The number of fused-ring (bicyclic) bond motifs is 1. The molecule has 1 heterocycles. The third kappa shape index (κ3) is 4.40. The van der Waals surface area contributed by atoms with E-state index in [2.05, 4.69) is 0 Å². The van der Waals surface area contributed by atoms with Gasteiger partial charge in [-0.2, -0.15) is 0 Å². The zero-order valence-electron chi connectivity index (χ0n) is 17.4. The second-order valence-corrected chi connectivity index (χ2v) is 6.43. The Labute approximate surface area is 174 Å². The number of benzene rings is 2. The van der Waals surface area contributed by atoms with Crippen LogP contribution in [-0.2, 0) is 14.3 Å². The molecule has 0 saturated heterocycles. The van der Waals surface area contributed by atoms with Gasteiger partial charge in [0.25, 0.3) is 0 Å². The highest BCUT2D eigenvalue weighted by atomic mass is 16.6. The summed E-state index contributed by atoms with van der Waals surface area (Å²) in [5.41, 5.74) is 1.50. The Morgan fingerprint density at radius 1 is 0.967 bits per heavy atom. The van der Waals surface area contributed by atoms with Crippen LogP contribution in [0.3, 0.4) is 0 Å². The first-order chi connectivity index (χ1) is 14.5. The van der Waals surface area contributed by atoms with Crippen molar-refractivity contribution in [2.45, 2.75) is 26.9 Å². The van der Waals surface area contributed by atoms with Gasteiger partial charge in [0.05, 0.1) is 20.3 Å². The molecule has 30 heavy (non-hydrogen) atoms. The maximum atomic E-state index is 12.7. The molecule has 0 aliphatic heterocycles. The topological polar surface area (TPSA) is 84.2 Å². The third-order valence-electron chi connectivity index (χ3n) is 4.42. The molecule has 0 fully saturated rings. The fourth-order valence-electron chi connectivity index (χ4n) is 3.01. The molecule has 0 N–H and O–H groups in total. The minimum absolute atomic E-state index is 0.226. The van der Waals surface area contributed by atoms with E-state index in [1.807, 2.05) is 0 Å². The molecule has 0 radical (unpaired) electrons. The Morgan fingerprint density at radius 3 is 2.27 bits per heavy atom. The molecule has 0 aliphatic carbocycles. The van der Waals surface area contributed by atoms with Crippen molar-refractivity contribution in [2.24, 2.45) is 0 Å². The average Bonchev–Trinajstić information content (AvgIpc) is 3.13. The first kappa shape index (κ1) is 21.2. The Hall–Kier alpha value is -3.48. The molecule has 0 amide bonds. The van der Waals surface area contributed by atoms with E-state index in [-0.39, 0.29) is 13.2 Å². The van der Waals surface area contributed by atoms with E-state index in [9.17, 15) is 9.59 Å². The van der Waals surface area contributed by atoms with Crippen LogP contribution in [0.2, 0.25) is 0 Å². The second kappa shape index (κ2) is 9.35. The minimum atomic E-state index is -0.790. The predicted molar refractivity (Wildman–Crippen MR) is 111 cm³/mol. The molecule has 3 rings (SSSR count). The molecule has 7 heteroatoms. The lowest BCUT2D eigenvalue weighted by atomic mass is 10.1. The third-order valence-corrected chi connectivity index (χ3v) is 4.42. The van der Waals surface area contributed by atoms with Crippen LogP contribution >= 0.6 is 0 Å². The highest BCUT2D eigenvalue weighted by molar-refractivity contribution is 6.09. The average molecular weight is 412 g/mol. The van der Waals surface area contributed by atoms with Gasteiger partial charge in [-0.05, 0) is 63.2 Å². The van der Waals surface area contributed by atoms with Gasteiger partial charge in [0.2, 0.25) is 0 Å². The van der Waals surface area contributed by atoms with E-state index < -0.39 is 18.0 Å². The van der Waals surface area contributed by atoms with E-state index in [1.165, 1.54) is 0 Å². The van der Waals surface area contributed by atoms with Crippen LogP contribution in [0, 0.1) is 0 Å². The van der Waals surface area contributed by atoms with Crippen molar-refractivity contribution in [1.82, 2.24) is 0 Å². The van der Waals surface area contributed by atoms with Gasteiger partial charge in [-0.15, -0.1) is 0 Å². The van der Waals surface area contributed by atoms with Gasteiger partial charge >= 0.3 is 11.9 Å². The number of hydrogen-bond acceptors (Lipinski definition) is 7. The minimum Gasteiger partial charge on any atom is -0.497 e. The van der Waals surface area contributed by atoms with Crippen molar-refractivity contribution in [2.75, 3.05) is 20.3 Å². The number of hydrogen-bond donors (Lipinski definition) is 0. The Kier molecular flexibility index (Phi) is 6.61. The number of ether oxygens (including phenoxy) is 4. The normalized spacial score (nSPS) is 11.7. The zero-order valence-corrected chi connectivity index (χ0v) is 17.4. The second-order valence-electron chi connectivity index (χ2n) is 6.43. The standard InChI is InChI=1S/C23H24O7/c1-5-27-22(24)14(3)29-17-11-12-19-18(13-17)20(23(25)28-6-2)21(30-19)15-7-9-16(26-4)10-8-15/h7-14H,5-6H2,1-4H3. The summed E-state index contributed by atoms with van der Waals surface area (Å²) in [5.74, 6) is 0.528.